The Kier molecular flexibility index (Phi) is 8.43. The smallest absolute Gasteiger partial charge is 0.325 e. The Morgan fingerprint density at radius 1 is 1.06 bits per heavy atom. The van der Waals surface area contributed by atoms with E-state index in [0.29, 0.717) is 19.3 Å². The minimum absolute atomic E-state index is 0.0662. The van der Waals surface area contributed by atoms with Crippen LogP contribution in [0.3, 0.4) is 0 Å². The summed E-state index contributed by atoms with van der Waals surface area (Å²) in [6, 6.07) is 0. The first-order chi connectivity index (χ1) is 14.8. The number of Topliss-reactive ketones (excluding diaryl/α,β-unsaturated/α-hetero) is 1. The second-order valence-electron chi connectivity index (χ2n) is 7.82. The van der Waals surface area contributed by atoms with Gasteiger partial charge in [-0.15, -0.1) is 11.8 Å². The van der Waals surface area contributed by atoms with Crippen LogP contribution in [0.2, 0.25) is 0 Å². The summed E-state index contributed by atoms with van der Waals surface area (Å²) in [5.41, 5.74) is -2.93. The maximum Gasteiger partial charge on any atom is 0.325 e. The Morgan fingerprint density at radius 3 is 2.16 bits per heavy atom. The van der Waals surface area contributed by atoms with Crippen LogP contribution in [-0.4, -0.2) is 43.5 Å². The molecule has 1 unspecified atom stereocenters. The number of hydrogen-bond acceptors (Lipinski definition) is 7. The van der Waals surface area contributed by atoms with E-state index in [1.807, 2.05) is 0 Å². The van der Waals surface area contributed by atoms with Crippen LogP contribution >= 0.6 is 0 Å². The second kappa shape index (κ2) is 10.6. The number of carbonyl (C=O) groups excluding carboxylic acids is 4. The van der Waals surface area contributed by atoms with Gasteiger partial charge in [-0.2, -0.15) is 0 Å². The highest BCUT2D eigenvalue weighted by Crippen LogP contribution is 2.52. The van der Waals surface area contributed by atoms with E-state index in [1.54, 1.807) is 39.8 Å². The number of ketones is 1. The van der Waals surface area contributed by atoms with Gasteiger partial charge >= 0.3 is 17.9 Å². The van der Waals surface area contributed by atoms with Crippen LogP contribution < -0.4 is 0 Å². The second-order valence-corrected chi connectivity index (χ2v) is 7.82. The molecule has 1 saturated carbocycles. The van der Waals surface area contributed by atoms with Crippen LogP contribution in [0, 0.1) is 34.5 Å². The summed E-state index contributed by atoms with van der Waals surface area (Å²) in [5.74, 6) is 2.43. The molecule has 0 aromatic heterocycles. The van der Waals surface area contributed by atoms with Crippen molar-refractivity contribution in [2.24, 2.45) is 22.7 Å². The largest absolute Gasteiger partial charge is 0.465 e. The minimum atomic E-state index is -1.65. The van der Waals surface area contributed by atoms with Crippen LogP contribution in [0.15, 0.2) is 12.2 Å². The maximum atomic E-state index is 13.1. The Bertz CT molecular complexity index is 782. The zero-order valence-electron chi connectivity index (χ0n) is 18.8. The number of allylic oxidation sites excluding steroid dienone is 2. The molecular weight excluding hydrogens is 400 g/mol. The highest BCUT2D eigenvalue weighted by Gasteiger charge is 2.60. The molecule has 0 amide bonds. The number of ether oxygens (including phenoxy) is 3. The van der Waals surface area contributed by atoms with Gasteiger partial charge in [-0.25, -0.2) is 0 Å². The minimum Gasteiger partial charge on any atom is -0.465 e. The van der Waals surface area contributed by atoms with Gasteiger partial charge in [-0.3, -0.25) is 19.2 Å². The lowest BCUT2D eigenvalue weighted by atomic mass is 9.67. The van der Waals surface area contributed by atoms with E-state index in [4.69, 9.17) is 14.2 Å². The predicted octanol–water partition coefficient (Wildman–Crippen LogP) is 3.01. The van der Waals surface area contributed by atoms with Crippen LogP contribution in [0.4, 0.5) is 0 Å². The average molecular weight is 433 g/mol. The number of rotatable bonds is 9. The molecule has 0 bridgehead atoms. The lowest BCUT2D eigenvalue weighted by Crippen LogP contribution is -2.48. The fourth-order valence-electron chi connectivity index (χ4n) is 4.75. The third kappa shape index (κ3) is 4.39. The van der Waals surface area contributed by atoms with Gasteiger partial charge < -0.3 is 14.2 Å². The van der Waals surface area contributed by atoms with E-state index in [0.717, 1.165) is 0 Å². The molecule has 0 N–H and O–H groups in total. The molecule has 3 atom stereocenters. The van der Waals surface area contributed by atoms with Crippen molar-refractivity contribution in [3.05, 3.63) is 12.2 Å². The van der Waals surface area contributed by atoms with E-state index in [-0.39, 0.29) is 38.4 Å². The molecule has 0 aromatic rings. The summed E-state index contributed by atoms with van der Waals surface area (Å²) in [6.45, 7) is 7.04. The molecule has 0 saturated heterocycles. The monoisotopic (exact) mass is 432 g/mol. The molecule has 0 spiro atoms. The van der Waals surface area contributed by atoms with Crippen molar-refractivity contribution in [3.63, 3.8) is 0 Å². The van der Waals surface area contributed by atoms with E-state index in [2.05, 4.69) is 11.8 Å². The fourth-order valence-corrected chi connectivity index (χ4v) is 4.75. The normalized spacial score (nSPS) is 25.0. The van der Waals surface area contributed by atoms with Gasteiger partial charge in [0, 0.05) is 24.7 Å². The summed E-state index contributed by atoms with van der Waals surface area (Å²) in [6.07, 6.45) is 5.02. The molecule has 2 aliphatic carbocycles. The number of esters is 3. The van der Waals surface area contributed by atoms with Crippen molar-refractivity contribution >= 4 is 23.7 Å². The van der Waals surface area contributed by atoms with Crippen LogP contribution in [0.1, 0.15) is 59.8 Å². The van der Waals surface area contributed by atoms with Crippen molar-refractivity contribution in [1.82, 2.24) is 0 Å². The van der Waals surface area contributed by atoms with Crippen LogP contribution in [0.5, 0.6) is 0 Å². The lowest BCUT2D eigenvalue weighted by molar-refractivity contribution is -0.175. The first-order valence-corrected chi connectivity index (χ1v) is 11.0. The van der Waals surface area contributed by atoms with Gasteiger partial charge in [0.1, 0.15) is 5.41 Å². The first-order valence-electron chi connectivity index (χ1n) is 11.0. The lowest BCUT2D eigenvalue weighted by Gasteiger charge is -2.35. The standard InChI is InChI=1S/C24H32O7/c1-5-9-14-24(21(27)30-7-3,22(28)31-8-4)18-13-12-17(16-18)23(20(26)29-6-2)15-10-11-19(23)25/h12-13,17-18H,6-8,10-11,14-16H2,1-4H3/t17-,18+,23?/m1/s1. The Hall–Kier alpha value is -2.62. The van der Waals surface area contributed by atoms with Gasteiger partial charge in [-0.05, 0) is 47.0 Å². The summed E-state index contributed by atoms with van der Waals surface area (Å²) < 4.78 is 15.8. The molecule has 7 heteroatoms. The van der Waals surface area contributed by atoms with Crippen molar-refractivity contribution in [2.45, 2.75) is 59.8 Å². The quantitative estimate of drug-likeness (QED) is 0.182. The number of carbonyl (C=O) groups is 4. The number of hydrogen-bond donors (Lipinski definition) is 0. The summed E-state index contributed by atoms with van der Waals surface area (Å²) in [7, 11) is 0. The molecular formula is C24H32O7. The van der Waals surface area contributed by atoms with Crippen LogP contribution in [-0.2, 0) is 33.4 Å². The SMILES string of the molecule is CC#CCC(C(=O)OCC)(C(=O)OCC)[C@H]1C=C[C@@H](C2(C(=O)OCC)CCCC2=O)C1. The predicted molar refractivity (Wildman–Crippen MR) is 112 cm³/mol. The van der Waals surface area contributed by atoms with Crippen molar-refractivity contribution in [1.29, 1.82) is 0 Å². The molecule has 0 radical (unpaired) electrons. The van der Waals surface area contributed by atoms with Crippen molar-refractivity contribution in [3.8, 4) is 11.8 Å². The van der Waals surface area contributed by atoms with Gasteiger partial charge in [0.2, 0.25) is 0 Å². The van der Waals surface area contributed by atoms with E-state index in [9.17, 15) is 19.2 Å². The van der Waals surface area contributed by atoms with Gasteiger partial charge in [-0.1, -0.05) is 12.2 Å². The van der Waals surface area contributed by atoms with E-state index >= 15 is 0 Å². The third-order valence-corrected chi connectivity index (χ3v) is 6.29. The van der Waals surface area contributed by atoms with Gasteiger partial charge in [0.05, 0.1) is 19.8 Å². The third-order valence-electron chi connectivity index (χ3n) is 6.29. The van der Waals surface area contributed by atoms with Crippen molar-refractivity contribution in [2.75, 3.05) is 19.8 Å². The molecule has 2 rings (SSSR count). The zero-order valence-corrected chi connectivity index (χ0v) is 18.8. The molecule has 0 aromatic carbocycles. The van der Waals surface area contributed by atoms with Crippen molar-refractivity contribution < 1.29 is 33.4 Å². The Balaban J connectivity index is 2.47. The first kappa shape index (κ1) is 24.6. The highest BCUT2D eigenvalue weighted by molar-refractivity contribution is 6.06. The summed E-state index contributed by atoms with van der Waals surface area (Å²) >= 11 is 0. The molecule has 31 heavy (non-hydrogen) atoms. The maximum absolute atomic E-state index is 13.1. The highest BCUT2D eigenvalue weighted by atomic mass is 16.6. The molecule has 2 aliphatic rings. The van der Waals surface area contributed by atoms with E-state index < -0.39 is 40.6 Å². The van der Waals surface area contributed by atoms with Crippen LogP contribution in [0.25, 0.3) is 0 Å². The Morgan fingerprint density at radius 2 is 1.68 bits per heavy atom. The molecule has 7 nitrogen and oxygen atoms in total. The molecule has 1 fully saturated rings. The topological polar surface area (TPSA) is 96.0 Å². The van der Waals surface area contributed by atoms with E-state index in [1.165, 1.54) is 0 Å². The Labute approximate surface area is 183 Å². The molecule has 170 valence electrons. The van der Waals surface area contributed by atoms with Gasteiger partial charge in [0.25, 0.3) is 0 Å². The summed E-state index contributed by atoms with van der Waals surface area (Å²) in [5, 5.41) is 0. The fraction of sp³-hybridized carbons (Fsp3) is 0.667. The molecule has 0 aliphatic heterocycles. The zero-order chi connectivity index (χ0) is 23.1. The average Bonchev–Trinajstić information content (AvgIpc) is 3.37. The molecule has 0 heterocycles. The summed E-state index contributed by atoms with van der Waals surface area (Å²) in [4.78, 5) is 51.9. The van der Waals surface area contributed by atoms with Gasteiger partial charge in [0.15, 0.2) is 11.2 Å².